The average molecular weight is 230 g/mol. The highest BCUT2D eigenvalue weighted by Crippen LogP contribution is 2.08. The van der Waals surface area contributed by atoms with Gasteiger partial charge in [0.1, 0.15) is 0 Å². The first-order chi connectivity index (χ1) is 5.66. The second-order valence-corrected chi connectivity index (χ2v) is 2.93. The monoisotopic (exact) mass is 229 g/mol. The fourth-order valence-corrected chi connectivity index (χ4v) is 1.26. The lowest BCUT2D eigenvalue weighted by Crippen LogP contribution is -2.10. The standard InChI is InChI=1S/C5H4BrN5O/c6-4-8-1-2(9-4)10-5(7)11-3(1)12/h(H4,7,8,9,10,11,12). The van der Waals surface area contributed by atoms with Crippen LogP contribution in [0.5, 0.6) is 0 Å². The van der Waals surface area contributed by atoms with Crippen molar-refractivity contribution in [3.8, 4) is 0 Å². The minimum atomic E-state index is -0.323. The molecule has 0 aliphatic heterocycles. The first kappa shape index (κ1) is 7.29. The number of aromatic nitrogens is 4. The third-order valence-electron chi connectivity index (χ3n) is 1.35. The van der Waals surface area contributed by atoms with Gasteiger partial charge in [-0.1, -0.05) is 0 Å². The number of aromatic amines is 2. The van der Waals surface area contributed by atoms with E-state index in [1.807, 2.05) is 0 Å². The van der Waals surface area contributed by atoms with E-state index in [0.29, 0.717) is 15.9 Å². The van der Waals surface area contributed by atoms with Gasteiger partial charge < -0.3 is 10.7 Å². The van der Waals surface area contributed by atoms with Gasteiger partial charge in [0, 0.05) is 0 Å². The second-order valence-electron chi connectivity index (χ2n) is 2.18. The quantitative estimate of drug-likeness (QED) is 0.554. The van der Waals surface area contributed by atoms with Crippen LogP contribution in [0, 0.1) is 0 Å². The molecule has 0 radical (unpaired) electrons. The van der Waals surface area contributed by atoms with Crippen molar-refractivity contribution >= 4 is 33.0 Å². The molecule has 0 fully saturated rings. The van der Waals surface area contributed by atoms with Crippen LogP contribution in [0.2, 0.25) is 0 Å². The van der Waals surface area contributed by atoms with Crippen molar-refractivity contribution in [2.45, 2.75) is 0 Å². The van der Waals surface area contributed by atoms with Gasteiger partial charge in [0.05, 0.1) is 0 Å². The predicted octanol–water partition coefficient (Wildman–Crippen LogP) is -0.00910. The number of halogens is 1. The molecule has 0 aliphatic rings. The molecule has 0 unspecified atom stereocenters. The molecule has 0 aromatic carbocycles. The first-order valence-electron chi connectivity index (χ1n) is 3.08. The van der Waals surface area contributed by atoms with Crippen LogP contribution in [0.4, 0.5) is 5.95 Å². The van der Waals surface area contributed by atoms with E-state index in [9.17, 15) is 4.79 Å². The molecule has 6 nitrogen and oxygen atoms in total. The van der Waals surface area contributed by atoms with Gasteiger partial charge in [-0.05, 0) is 15.9 Å². The largest absolute Gasteiger partial charge is 0.369 e. The highest BCUT2D eigenvalue weighted by atomic mass is 79.9. The number of nitrogens with one attached hydrogen (secondary N) is 2. The van der Waals surface area contributed by atoms with Gasteiger partial charge in [0.25, 0.3) is 5.56 Å². The van der Waals surface area contributed by atoms with E-state index in [1.165, 1.54) is 0 Å². The summed E-state index contributed by atoms with van der Waals surface area (Å²) in [7, 11) is 0. The van der Waals surface area contributed by atoms with Crippen LogP contribution in [-0.4, -0.2) is 19.9 Å². The third kappa shape index (κ3) is 0.981. The number of H-pyrrole nitrogens is 2. The van der Waals surface area contributed by atoms with Crippen LogP contribution >= 0.6 is 15.9 Å². The molecule has 0 amide bonds. The van der Waals surface area contributed by atoms with Gasteiger partial charge in [-0.25, -0.2) is 4.98 Å². The van der Waals surface area contributed by atoms with Crippen LogP contribution in [0.15, 0.2) is 9.53 Å². The summed E-state index contributed by atoms with van der Waals surface area (Å²) in [5.74, 6) is 0.0616. The van der Waals surface area contributed by atoms with E-state index in [2.05, 4.69) is 35.9 Å². The zero-order valence-corrected chi connectivity index (χ0v) is 7.34. The normalized spacial score (nSPS) is 10.8. The number of nitrogens with two attached hydrogens (primary N) is 1. The third-order valence-corrected chi connectivity index (χ3v) is 1.73. The number of imidazole rings is 1. The average Bonchev–Trinajstić information content (AvgIpc) is 2.29. The van der Waals surface area contributed by atoms with Gasteiger partial charge in [-0.3, -0.25) is 9.78 Å². The Hall–Kier alpha value is -1.37. The Labute approximate surface area is 74.4 Å². The van der Waals surface area contributed by atoms with E-state index in [4.69, 9.17) is 5.73 Å². The number of hydrogen-bond acceptors (Lipinski definition) is 4. The lowest BCUT2D eigenvalue weighted by molar-refractivity contribution is 1.17. The first-order valence-corrected chi connectivity index (χ1v) is 3.87. The predicted molar refractivity (Wildman–Crippen MR) is 46.6 cm³/mol. The minimum Gasteiger partial charge on any atom is -0.369 e. The minimum absolute atomic E-state index is 0.0616. The Morgan fingerprint density at radius 2 is 2.08 bits per heavy atom. The summed E-state index contributed by atoms with van der Waals surface area (Å²) in [6.07, 6.45) is 0. The molecular weight excluding hydrogens is 226 g/mol. The van der Waals surface area contributed by atoms with Crippen LogP contribution in [0.3, 0.4) is 0 Å². The molecule has 12 heavy (non-hydrogen) atoms. The number of anilines is 1. The fraction of sp³-hybridized carbons (Fsp3) is 0. The number of hydrogen-bond donors (Lipinski definition) is 3. The zero-order chi connectivity index (χ0) is 8.72. The summed E-state index contributed by atoms with van der Waals surface area (Å²) in [5, 5.41) is 0. The van der Waals surface area contributed by atoms with E-state index in [0.717, 1.165) is 0 Å². The molecule has 0 atom stereocenters. The van der Waals surface area contributed by atoms with Crippen LogP contribution in [0.1, 0.15) is 0 Å². The summed E-state index contributed by atoms with van der Waals surface area (Å²) >= 11 is 3.08. The van der Waals surface area contributed by atoms with Gasteiger partial charge in [0.2, 0.25) is 5.95 Å². The van der Waals surface area contributed by atoms with Gasteiger partial charge in [-0.2, -0.15) is 4.98 Å². The van der Waals surface area contributed by atoms with Crippen LogP contribution in [0.25, 0.3) is 11.2 Å². The van der Waals surface area contributed by atoms with Crippen molar-refractivity contribution in [1.29, 1.82) is 0 Å². The SMILES string of the molecule is Nc1nc2nc(Br)[nH]c2c(=O)[nH]1. The molecule has 2 heterocycles. The fourth-order valence-electron chi connectivity index (χ4n) is 0.896. The second kappa shape index (κ2) is 2.31. The topological polar surface area (TPSA) is 100 Å². The Bertz CT molecular complexity index is 486. The van der Waals surface area contributed by atoms with Crippen molar-refractivity contribution in [2.24, 2.45) is 0 Å². The Balaban J connectivity index is 2.98. The highest BCUT2D eigenvalue weighted by molar-refractivity contribution is 9.10. The molecular formula is C5H4BrN5O. The molecule has 0 aliphatic carbocycles. The summed E-state index contributed by atoms with van der Waals surface area (Å²) in [6, 6.07) is 0. The molecule has 0 bridgehead atoms. The highest BCUT2D eigenvalue weighted by Gasteiger charge is 2.05. The Kier molecular flexibility index (Phi) is 1.40. The molecule has 0 saturated carbocycles. The number of nitrogen functional groups attached to an aromatic ring is 1. The molecule has 0 spiro atoms. The van der Waals surface area contributed by atoms with E-state index >= 15 is 0 Å². The molecule has 0 saturated heterocycles. The summed E-state index contributed by atoms with van der Waals surface area (Å²) in [5.41, 5.74) is 5.60. The lowest BCUT2D eigenvalue weighted by Gasteiger charge is -1.89. The molecule has 7 heteroatoms. The van der Waals surface area contributed by atoms with Crippen molar-refractivity contribution in [1.82, 2.24) is 19.9 Å². The van der Waals surface area contributed by atoms with Crippen molar-refractivity contribution in [2.75, 3.05) is 5.73 Å². The number of rotatable bonds is 0. The summed E-state index contributed by atoms with van der Waals surface area (Å²) in [6.45, 7) is 0. The maximum absolute atomic E-state index is 11.1. The van der Waals surface area contributed by atoms with Crippen molar-refractivity contribution in [3.05, 3.63) is 15.1 Å². The van der Waals surface area contributed by atoms with Gasteiger partial charge >= 0.3 is 0 Å². The van der Waals surface area contributed by atoms with Crippen molar-refractivity contribution < 1.29 is 0 Å². The van der Waals surface area contributed by atoms with E-state index in [-0.39, 0.29) is 11.5 Å². The summed E-state index contributed by atoms with van der Waals surface area (Å²) in [4.78, 5) is 23.9. The maximum atomic E-state index is 11.1. The van der Waals surface area contributed by atoms with Gasteiger partial charge in [0.15, 0.2) is 15.9 Å². The molecule has 62 valence electrons. The smallest absolute Gasteiger partial charge is 0.278 e. The number of fused-ring (bicyclic) bond motifs is 1. The van der Waals surface area contributed by atoms with Crippen LogP contribution in [-0.2, 0) is 0 Å². The molecule has 2 aromatic heterocycles. The van der Waals surface area contributed by atoms with E-state index < -0.39 is 0 Å². The Morgan fingerprint density at radius 3 is 2.83 bits per heavy atom. The number of nitrogens with zero attached hydrogens (tertiary/aromatic N) is 2. The molecule has 2 aromatic rings. The lowest BCUT2D eigenvalue weighted by atomic mass is 10.5. The van der Waals surface area contributed by atoms with E-state index in [1.54, 1.807) is 0 Å². The zero-order valence-electron chi connectivity index (χ0n) is 5.76. The molecule has 4 N–H and O–H groups in total. The summed E-state index contributed by atoms with van der Waals surface area (Å²) < 4.78 is 0.459. The molecule has 2 rings (SSSR count). The van der Waals surface area contributed by atoms with Gasteiger partial charge in [-0.15, -0.1) is 0 Å². The van der Waals surface area contributed by atoms with Crippen LogP contribution < -0.4 is 11.3 Å². The maximum Gasteiger partial charge on any atom is 0.278 e. The Morgan fingerprint density at radius 1 is 1.33 bits per heavy atom. The van der Waals surface area contributed by atoms with Crippen molar-refractivity contribution in [3.63, 3.8) is 0 Å².